The van der Waals surface area contributed by atoms with Crippen LogP contribution in [0.15, 0.2) is 0 Å². The largest absolute Gasteiger partial charge is 0.450 e. The monoisotopic (exact) mass is 440 g/mol. The molecule has 162 valence electrons. The van der Waals surface area contributed by atoms with Gasteiger partial charge in [0.25, 0.3) is 0 Å². The Morgan fingerprint density at radius 3 is 1.46 bits per heavy atom. The number of amides is 2. The normalized spacial score (nSPS) is 25.1. The van der Waals surface area contributed by atoms with Gasteiger partial charge in [-0.3, -0.25) is 0 Å². The van der Waals surface area contributed by atoms with E-state index in [1.54, 1.807) is 0 Å². The average molecular weight is 441 g/mol. The van der Waals surface area contributed by atoms with Gasteiger partial charge in [-0.1, -0.05) is 0 Å². The van der Waals surface area contributed by atoms with E-state index in [1.807, 2.05) is 0 Å². The molecular weight excluding hydrogens is 412 g/mol. The number of carbonyl (C=O) groups excluding carboxylic acids is 2. The maximum Gasteiger partial charge on any atom is 0.407 e. The Morgan fingerprint density at radius 2 is 1.14 bits per heavy atom. The molecule has 0 saturated carbocycles. The summed E-state index contributed by atoms with van der Waals surface area (Å²) in [7, 11) is -5.91. The minimum Gasteiger partial charge on any atom is -0.450 e. The van der Waals surface area contributed by atoms with Crippen molar-refractivity contribution in [3.8, 4) is 0 Å². The molecule has 2 saturated heterocycles. The summed E-state index contributed by atoms with van der Waals surface area (Å²) in [6.07, 6.45) is 0.958. The van der Waals surface area contributed by atoms with Crippen LogP contribution < -0.4 is 10.6 Å². The molecule has 0 aromatic carbocycles. The van der Waals surface area contributed by atoms with Crippen LogP contribution in [0.25, 0.3) is 0 Å². The summed E-state index contributed by atoms with van der Waals surface area (Å²) in [4.78, 5) is 23.1. The van der Waals surface area contributed by atoms with Gasteiger partial charge >= 0.3 is 12.2 Å². The van der Waals surface area contributed by atoms with Crippen LogP contribution in [0.3, 0.4) is 0 Å². The van der Waals surface area contributed by atoms with E-state index in [4.69, 9.17) is 9.47 Å². The lowest BCUT2D eigenvalue weighted by Crippen LogP contribution is -2.31. The first-order valence-electron chi connectivity index (χ1n) is 9.37. The first kappa shape index (κ1) is 22.7. The van der Waals surface area contributed by atoms with Gasteiger partial charge in [-0.25, -0.2) is 26.4 Å². The molecule has 2 aliphatic rings. The van der Waals surface area contributed by atoms with Gasteiger partial charge < -0.3 is 20.1 Å². The molecule has 12 heteroatoms. The Morgan fingerprint density at radius 1 is 0.750 bits per heavy atom. The van der Waals surface area contributed by atoms with Crippen molar-refractivity contribution in [1.29, 1.82) is 0 Å². The number of unbranched alkanes of at least 4 members (excludes halogenated alkanes) is 1. The fraction of sp³-hybridized carbons (Fsp3) is 0.875. The molecule has 2 heterocycles. The molecule has 2 unspecified atom stereocenters. The Balaban J connectivity index is 1.42. The Kier molecular flexibility index (Phi) is 8.35. The van der Waals surface area contributed by atoms with Gasteiger partial charge in [0, 0.05) is 13.1 Å². The van der Waals surface area contributed by atoms with Crippen molar-refractivity contribution in [3.63, 3.8) is 0 Å². The molecule has 0 bridgehead atoms. The SMILES string of the molecule is O=C(NCC1CCS(=O)(=O)C1)OCCCCOC(=O)NCC1CCS(=O)(=O)C1. The molecule has 0 spiro atoms. The zero-order valence-corrected chi connectivity index (χ0v) is 17.4. The van der Waals surface area contributed by atoms with Crippen molar-refractivity contribution in [2.24, 2.45) is 11.8 Å². The molecule has 2 fully saturated rings. The summed E-state index contributed by atoms with van der Waals surface area (Å²) in [5.41, 5.74) is 0. The lowest BCUT2D eigenvalue weighted by Gasteiger charge is -2.11. The average Bonchev–Trinajstić information content (AvgIpc) is 3.15. The second-order valence-corrected chi connectivity index (χ2v) is 11.7. The van der Waals surface area contributed by atoms with Gasteiger partial charge in [-0.2, -0.15) is 0 Å². The first-order valence-corrected chi connectivity index (χ1v) is 13.0. The molecule has 10 nitrogen and oxygen atoms in total. The molecule has 2 atom stereocenters. The van der Waals surface area contributed by atoms with E-state index in [-0.39, 0.29) is 61.2 Å². The highest BCUT2D eigenvalue weighted by molar-refractivity contribution is 7.91. The smallest absolute Gasteiger partial charge is 0.407 e. The second-order valence-electron chi connectivity index (χ2n) is 7.28. The number of carbonyl (C=O) groups is 2. The minimum absolute atomic E-state index is 0.0613. The summed E-state index contributed by atoms with van der Waals surface area (Å²) in [6.45, 7) is 0.896. The van der Waals surface area contributed by atoms with Crippen LogP contribution in [-0.4, -0.2) is 78.3 Å². The third-order valence-electron chi connectivity index (χ3n) is 4.73. The van der Waals surface area contributed by atoms with E-state index in [9.17, 15) is 26.4 Å². The Bertz CT molecular complexity index is 687. The summed E-state index contributed by atoms with van der Waals surface area (Å²) < 4.78 is 55.3. The quantitative estimate of drug-likeness (QED) is 0.480. The topological polar surface area (TPSA) is 145 Å². The molecule has 28 heavy (non-hydrogen) atoms. The van der Waals surface area contributed by atoms with Crippen molar-refractivity contribution in [1.82, 2.24) is 10.6 Å². The molecule has 2 rings (SSSR count). The van der Waals surface area contributed by atoms with E-state index < -0.39 is 31.9 Å². The van der Waals surface area contributed by atoms with E-state index in [2.05, 4.69) is 10.6 Å². The number of alkyl carbamates (subject to hydrolysis) is 2. The van der Waals surface area contributed by atoms with E-state index in [0.717, 1.165) is 0 Å². The van der Waals surface area contributed by atoms with Crippen molar-refractivity contribution < 1.29 is 35.9 Å². The number of hydrogen-bond donors (Lipinski definition) is 2. The summed E-state index contributed by atoms with van der Waals surface area (Å²) in [6, 6.07) is 0. The maximum absolute atomic E-state index is 11.5. The van der Waals surface area contributed by atoms with E-state index >= 15 is 0 Å². The number of nitrogens with one attached hydrogen (secondary N) is 2. The van der Waals surface area contributed by atoms with Gasteiger partial charge in [0.15, 0.2) is 19.7 Å². The van der Waals surface area contributed by atoms with Gasteiger partial charge in [0.05, 0.1) is 36.2 Å². The van der Waals surface area contributed by atoms with Gasteiger partial charge in [-0.15, -0.1) is 0 Å². The molecule has 0 aromatic heterocycles. The Labute approximate surface area is 165 Å². The molecule has 2 aliphatic heterocycles. The first-order chi connectivity index (χ1) is 13.2. The number of hydrogen-bond acceptors (Lipinski definition) is 8. The van der Waals surface area contributed by atoms with Crippen molar-refractivity contribution in [3.05, 3.63) is 0 Å². The maximum atomic E-state index is 11.5. The molecule has 2 N–H and O–H groups in total. The van der Waals surface area contributed by atoms with Crippen molar-refractivity contribution >= 4 is 31.9 Å². The molecule has 0 aromatic rings. The highest BCUT2D eigenvalue weighted by Crippen LogP contribution is 2.18. The summed E-state index contributed by atoms with van der Waals surface area (Å²) >= 11 is 0. The minimum atomic E-state index is -2.96. The van der Waals surface area contributed by atoms with Crippen molar-refractivity contribution in [2.75, 3.05) is 49.3 Å². The third kappa shape index (κ3) is 8.63. The fourth-order valence-electron chi connectivity index (χ4n) is 3.16. The summed E-state index contributed by atoms with van der Waals surface area (Å²) in [5.74, 6) is 0.415. The number of sulfone groups is 2. The standard InChI is InChI=1S/C16H28N2O8S2/c19-15(17-9-13-3-7-27(21,22)11-13)25-5-1-2-6-26-16(20)18-10-14-4-8-28(23,24)12-14/h13-14H,1-12H2,(H,17,19)(H,18,20). The fourth-order valence-corrected chi connectivity index (χ4v) is 6.88. The summed E-state index contributed by atoms with van der Waals surface area (Å²) in [5, 5.41) is 5.11. The van der Waals surface area contributed by atoms with E-state index in [1.165, 1.54) is 0 Å². The predicted octanol–water partition coefficient (Wildman–Crippen LogP) is 0.0884. The van der Waals surface area contributed by atoms with Crippen LogP contribution in [0.5, 0.6) is 0 Å². The highest BCUT2D eigenvalue weighted by atomic mass is 32.2. The van der Waals surface area contributed by atoms with Gasteiger partial charge in [0.2, 0.25) is 0 Å². The van der Waals surface area contributed by atoms with Crippen LogP contribution in [0.4, 0.5) is 9.59 Å². The molecular formula is C16H28N2O8S2. The van der Waals surface area contributed by atoms with Gasteiger partial charge in [-0.05, 0) is 37.5 Å². The number of ether oxygens (including phenoxy) is 2. The van der Waals surface area contributed by atoms with Gasteiger partial charge in [0.1, 0.15) is 0 Å². The lowest BCUT2D eigenvalue weighted by molar-refractivity contribution is 0.127. The zero-order chi connectivity index (χ0) is 20.6. The van der Waals surface area contributed by atoms with Crippen molar-refractivity contribution in [2.45, 2.75) is 25.7 Å². The third-order valence-corrected chi connectivity index (χ3v) is 8.40. The van der Waals surface area contributed by atoms with Crippen LogP contribution in [0.2, 0.25) is 0 Å². The molecule has 0 aliphatic carbocycles. The van der Waals surface area contributed by atoms with Crippen LogP contribution in [-0.2, 0) is 29.1 Å². The number of rotatable bonds is 9. The second kappa shape index (κ2) is 10.3. The zero-order valence-electron chi connectivity index (χ0n) is 15.7. The van der Waals surface area contributed by atoms with E-state index in [0.29, 0.717) is 25.7 Å². The van der Waals surface area contributed by atoms with Crippen LogP contribution >= 0.6 is 0 Å². The predicted molar refractivity (Wildman–Crippen MR) is 101 cm³/mol. The van der Waals surface area contributed by atoms with Crippen LogP contribution in [0, 0.1) is 11.8 Å². The highest BCUT2D eigenvalue weighted by Gasteiger charge is 2.28. The molecule has 2 amide bonds. The Hall–Kier alpha value is -1.56. The lowest BCUT2D eigenvalue weighted by atomic mass is 10.1. The van der Waals surface area contributed by atoms with Crippen LogP contribution in [0.1, 0.15) is 25.7 Å². The molecule has 0 radical (unpaired) electrons.